The summed E-state index contributed by atoms with van der Waals surface area (Å²) in [5.41, 5.74) is 3.13. The molecule has 4 heteroatoms. The first-order valence-corrected chi connectivity index (χ1v) is 6.57. The van der Waals surface area contributed by atoms with Gasteiger partial charge in [0, 0.05) is 10.6 Å². The van der Waals surface area contributed by atoms with Crippen molar-refractivity contribution in [3.63, 3.8) is 0 Å². The highest BCUT2D eigenvalue weighted by molar-refractivity contribution is 7.17. The molecule has 0 aliphatic carbocycles. The molecule has 1 N–H and O–H groups in total. The van der Waals surface area contributed by atoms with Gasteiger partial charge in [0.25, 0.3) is 0 Å². The smallest absolute Gasteiger partial charge is 0.194 e. The fourth-order valence-corrected chi connectivity index (χ4v) is 3.24. The van der Waals surface area contributed by atoms with Crippen LogP contribution >= 0.6 is 11.3 Å². The normalized spacial score (nSPS) is 11.5. The maximum absolute atomic E-state index is 9.36. The van der Waals surface area contributed by atoms with Crippen LogP contribution < -0.4 is 0 Å². The van der Waals surface area contributed by atoms with E-state index in [1.807, 2.05) is 6.92 Å². The molecule has 2 heterocycles. The summed E-state index contributed by atoms with van der Waals surface area (Å²) >= 11 is 1.75. The number of aromatic nitrogens is 2. The number of hydrogen-bond donors (Lipinski definition) is 1. The Morgan fingerprint density at radius 3 is 2.75 bits per heavy atom. The first-order valence-electron chi connectivity index (χ1n) is 5.76. The summed E-state index contributed by atoms with van der Waals surface area (Å²) in [6.45, 7) is 6.35. The van der Waals surface area contributed by atoms with Gasteiger partial charge < -0.3 is 5.11 Å². The molecule has 0 bridgehead atoms. The van der Waals surface area contributed by atoms with E-state index in [1.165, 1.54) is 23.4 Å². The molecular formula is C12H18N2OS. The first-order chi connectivity index (χ1) is 7.69. The molecule has 0 saturated carbocycles. The molecule has 0 aromatic carbocycles. The summed E-state index contributed by atoms with van der Waals surface area (Å²) in [6.07, 6.45) is 3.56. The van der Waals surface area contributed by atoms with Gasteiger partial charge in [0.1, 0.15) is 0 Å². The van der Waals surface area contributed by atoms with Crippen LogP contribution in [0.1, 0.15) is 41.7 Å². The maximum Gasteiger partial charge on any atom is 0.194 e. The third-order valence-electron chi connectivity index (χ3n) is 3.00. The molecule has 88 valence electrons. The van der Waals surface area contributed by atoms with Crippen LogP contribution in [0.5, 0.6) is 0 Å². The minimum absolute atomic E-state index is 0.0673. The highest BCUT2D eigenvalue weighted by Crippen LogP contribution is 2.27. The van der Waals surface area contributed by atoms with E-state index in [0.717, 1.165) is 22.8 Å². The fourth-order valence-electron chi connectivity index (χ4n) is 2.01. The Morgan fingerprint density at radius 2 is 2.12 bits per heavy atom. The molecule has 2 aromatic rings. The molecule has 0 amide bonds. The standard InChI is InChI=1S/C12H18N2OS/c1-4-5-6-11-9(3)14-10(7-15)8(2)13-12(14)16-11/h15H,4-7H2,1-3H3. The largest absolute Gasteiger partial charge is 0.390 e. The number of imidazole rings is 1. The van der Waals surface area contributed by atoms with Crippen LogP contribution in [0.2, 0.25) is 0 Å². The second kappa shape index (κ2) is 4.55. The topological polar surface area (TPSA) is 37.5 Å². The zero-order valence-corrected chi connectivity index (χ0v) is 10.9. The van der Waals surface area contributed by atoms with Crippen molar-refractivity contribution in [1.82, 2.24) is 9.38 Å². The lowest BCUT2D eigenvalue weighted by Gasteiger charge is -2.01. The Morgan fingerprint density at radius 1 is 1.38 bits per heavy atom. The van der Waals surface area contributed by atoms with Gasteiger partial charge in [-0.2, -0.15) is 0 Å². The predicted molar refractivity (Wildman–Crippen MR) is 67.1 cm³/mol. The van der Waals surface area contributed by atoms with E-state index >= 15 is 0 Å². The average Bonchev–Trinajstić information content (AvgIpc) is 2.72. The molecule has 3 nitrogen and oxygen atoms in total. The number of nitrogens with zero attached hydrogens (tertiary/aromatic N) is 2. The molecule has 0 saturated heterocycles. The van der Waals surface area contributed by atoms with Crippen LogP contribution in [0.15, 0.2) is 0 Å². The van der Waals surface area contributed by atoms with Crippen molar-refractivity contribution in [3.05, 3.63) is 22.0 Å². The number of unbranched alkanes of at least 4 members (excludes halogenated alkanes) is 1. The number of thiazole rings is 1. The summed E-state index contributed by atoms with van der Waals surface area (Å²) in [5.74, 6) is 0. The second-order valence-corrected chi connectivity index (χ2v) is 5.20. The first kappa shape index (κ1) is 11.6. The molecule has 0 atom stereocenters. The Bertz CT molecular complexity index is 499. The van der Waals surface area contributed by atoms with Gasteiger partial charge in [-0.15, -0.1) is 11.3 Å². The van der Waals surface area contributed by atoms with Crippen LogP contribution in [-0.2, 0) is 13.0 Å². The van der Waals surface area contributed by atoms with Crippen LogP contribution in [0.4, 0.5) is 0 Å². The van der Waals surface area contributed by atoms with Crippen molar-refractivity contribution in [1.29, 1.82) is 0 Å². The van der Waals surface area contributed by atoms with Crippen molar-refractivity contribution >= 4 is 16.3 Å². The minimum atomic E-state index is 0.0673. The number of aryl methyl sites for hydroxylation is 3. The van der Waals surface area contributed by atoms with E-state index in [-0.39, 0.29) is 6.61 Å². The minimum Gasteiger partial charge on any atom is -0.390 e. The van der Waals surface area contributed by atoms with Crippen molar-refractivity contribution in [2.45, 2.75) is 46.6 Å². The molecule has 2 aromatic heterocycles. The third-order valence-corrected chi connectivity index (χ3v) is 4.21. The molecule has 0 radical (unpaired) electrons. The SMILES string of the molecule is CCCCc1sc2nc(C)c(CO)n2c1C. The number of fused-ring (bicyclic) bond motifs is 1. The Kier molecular flexibility index (Phi) is 3.30. The van der Waals surface area contributed by atoms with E-state index < -0.39 is 0 Å². The maximum atomic E-state index is 9.36. The molecule has 16 heavy (non-hydrogen) atoms. The van der Waals surface area contributed by atoms with Crippen LogP contribution in [0, 0.1) is 13.8 Å². The number of rotatable bonds is 4. The predicted octanol–water partition coefficient (Wildman–Crippen LogP) is 2.85. The number of aliphatic hydroxyl groups is 1. The molecule has 0 unspecified atom stereocenters. The summed E-state index contributed by atoms with van der Waals surface area (Å²) in [7, 11) is 0. The van der Waals surface area contributed by atoms with Crippen molar-refractivity contribution in [3.8, 4) is 0 Å². The van der Waals surface area contributed by atoms with Crippen molar-refractivity contribution in [2.24, 2.45) is 0 Å². The number of aliphatic hydroxyl groups excluding tert-OH is 1. The molecule has 0 spiro atoms. The Hall–Kier alpha value is -0.870. The summed E-state index contributed by atoms with van der Waals surface area (Å²) in [5, 5.41) is 9.36. The highest BCUT2D eigenvalue weighted by atomic mass is 32.1. The lowest BCUT2D eigenvalue weighted by Crippen LogP contribution is -1.96. The quantitative estimate of drug-likeness (QED) is 0.889. The average molecular weight is 238 g/mol. The molecule has 0 aliphatic heterocycles. The van der Waals surface area contributed by atoms with Crippen molar-refractivity contribution in [2.75, 3.05) is 0 Å². The zero-order chi connectivity index (χ0) is 11.7. The lowest BCUT2D eigenvalue weighted by molar-refractivity contribution is 0.274. The van der Waals surface area contributed by atoms with Gasteiger partial charge in [0.05, 0.1) is 18.0 Å². The zero-order valence-electron chi connectivity index (χ0n) is 10.1. The summed E-state index contributed by atoms with van der Waals surface area (Å²) < 4.78 is 2.10. The third kappa shape index (κ3) is 1.76. The number of hydrogen-bond acceptors (Lipinski definition) is 3. The van der Waals surface area contributed by atoms with Gasteiger partial charge in [-0.3, -0.25) is 4.40 Å². The molecule has 2 rings (SSSR count). The summed E-state index contributed by atoms with van der Waals surface area (Å²) in [6, 6.07) is 0. The van der Waals surface area contributed by atoms with Crippen LogP contribution in [-0.4, -0.2) is 14.5 Å². The summed E-state index contributed by atoms with van der Waals surface area (Å²) in [4.78, 5) is 6.92. The van der Waals surface area contributed by atoms with E-state index in [0.29, 0.717) is 0 Å². The van der Waals surface area contributed by atoms with Crippen molar-refractivity contribution < 1.29 is 5.11 Å². The van der Waals surface area contributed by atoms with E-state index in [1.54, 1.807) is 11.3 Å². The van der Waals surface area contributed by atoms with E-state index in [4.69, 9.17) is 0 Å². The van der Waals surface area contributed by atoms with Gasteiger partial charge in [0.2, 0.25) is 0 Å². The van der Waals surface area contributed by atoms with Gasteiger partial charge in [0.15, 0.2) is 4.96 Å². The monoisotopic (exact) mass is 238 g/mol. The van der Waals surface area contributed by atoms with Gasteiger partial charge in [-0.1, -0.05) is 13.3 Å². The van der Waals surface area contributed by atoms with Gasteiger partial charge in [-0.25, -0.2) is 4.98 Å². The van der Waals surface area contributed by atoms with E-state index in [2.05, 4.69) is 23.2 Å². The highest BCUT2D eigenvalue weighted by Gasteiger charge is 2.15. The van der Waals surface area contributed by atoms with Gasteiger partial charge >= 0.3 is 0 Å². The Balaban J connectivity index is 2.48. The van der Waals surface area contributed by atoms with Crippen LogP contribution in [0.25, 0.3) is 4.96 Å². The van der Waals surface area contributed by atoms with E-state index in [9.17, 15) is 5.11 Å². The van der Waals surface area contributed by atoms with Gasteiger partial charge in [-0.05, 0) is 26.7 Å². The fraction of sp³-hybridized carbons (Fsp3) is 0.583. The lowest BCUT2D eigenvalue weighted by atomic mass is 10.2. The molecular weight excluding hydrogens is 220 g/mol. The van der Waals surface area contributed by atoms with Crippen LogP contribution in [0.3, 0.4) is 0 Å². The molecule has 0 aliphatic rings. The Labute approximate surface area is 99.8 Å². The second-order valence-electron chi connectivity index (χ2n) is 4.13. The molecule has 0 fully saturated rings.